The lowest BCUT2D eigenvalue weighted by atomic mass is 9.79. The summed E-state index contributed by atoms with van der Waals surface area (Å²) in [7, 11) is 5.70. The van der Waals surface area contributed by atoms with E-state index in [0.717, 1.165) is 12.0 Å². The molecule has 0 saturated carbocycles. The summed E-state index contributed by atoms with van der Waals surface area (Å²) in [6.45, 7) is 1.98. The van der Waals surface area contributed by atoms with Gasteiger partial charge in [-0.3, -0.25) is 0 Å². The molecule has 1 unspecified atom stereocenters. The van der Waals surface area contributed by atoms with Crippen LogP contribution in [0.1, 0.15) is 24.7 Å². The normalized spacial score (nSPS) is 12.9. The summed E-state index contributed by atoms with van der Waals surface area (Å²) >= 11 is 0. The molecular weight excluding hydrogens is 138 g/mol. The molecule has 0 aliphatic carbocycles. The van der Waals surface area contributed by atoms with Crippen molar-refractivity contribution >= 4 is 7.85 Å². The standard InChI is InChI=1S/C9H10BF/c1-2-9(10)7-4-3-5-8(11)6-7/h3-6,9H,2H2,1H3. The zero-order valence-corrected chi connectivity index (χ0v) is 6.55. The molecule has 0 aromatic heterocycles. The molecule has 0 spiro atoms. The van der Waals surface area contributed by atoms with Crippen molar-refractivity contribution in [3.05, 3.63) is 35.6 Å². The monoisotopic (exact) mass is 148 g/mol. The number of rotatable bonds is 2. The molecule has 2 radical (unpaired) electrons. The van der Waals surface area contributed by atoms with E-state index in [2.05, 4.69) is 0 Å². The van der Waals surface area contributed by atoms with Gasteiger partial charge in [0, 0.05) is 0 Å². The van der Waals surface area contributed by atoms with Crippen LogP contribution in [0.15, 0.2) is 24.3 Å². The largest absolute Gasteiger partial charge is 0.207 e. The molecule has 1 aromatic carbocycles. The molecule has 0 saturated heterocycles. The predicted octanol–water partition coefficient (Wildman–Crippen LogP) is 2.45. The van der Waals surface area contributed by atoms with Crippen LogP contribution < -0.4 is 0 Å². The van der Waals surface area contributed by atoms with Gasteiger partial charge in [-0.25, -0.2) is 4.39 Å². The number of hydrogen-bond donors (Lipinski definition) is 0. The van der Waals surface area contributed by atoms with Crippen molar-refractivity contribution < 1.29 is 4.39 Å². The maximum atomic E-state index is 12.6. The quantitative estimate of drug-likeness (QED) is 0.565. The van der Waals surface area contributed by atoms with Crippen molar-refractivity contribution in [2.45, 2.75) is 19.2 Å². The molecule has 1 atom stereocenters. The Morgan fingerprint density at radius 1 is 1.55 bits per heavy atom. The molecule has 0 amide bonds. The lowest BCUT2D eigenvalue weighted by Gasteiger charge is -2.07. The molecule has 1 aromatic rings. The van der Waals surface area contributed by atoms with Gasteiger partial charge in [0.25, 0.3) is 0 Å². The molecule has 1 rings (SSSR count). The van der Waals surface area contributed by atoms with Crippen molar-refractivity contribution in [3.8, 4) is 0 Å². The van der Waals surface area contributed by atoms with Gasteiger partial charge >= 0.3 is 0 Å². The van der Waals surface area contributed by atoms with Gasteiger partial charge in [-0.05, 0) is 12.1 Å². The third kappa shape index (κ3) is 2.07. The molecule has 0 nitrogen and oxygen atoms in total. The first kappa shape index (κ1) is 8.31. The summed E-state index contributed by atoms with van der Waals surface area (Å²) in [4.78, 5) is 0. The minimum atomic E-state index is -0.216. The summed E-state index contributed by atoms with van der Waals surface area (Å²) < 4.78 is 12.6. The fourth-order valence-electron chi connectivity index (χ4n) is 0.973. The van der Waals surface area contributed by atoms with Gasteiger partial charge in [0.1, 0.15) is 5.82 Å². The van der Waals surface area contributed by atoms with E-state index in [1.54, 1.807) is 6.07 Å². The van der Waals surface area contributed by atoms with E-state index >= 15 is 0 Å². The smallest absolute Gasteiger partial charge is 0.123 e. The maximum Gasteiger partial charge on any atom is 0.123 e. The number of benzene rings is 1. The summed E-state index contributed by atoms with van der Waals surface area (Å²) in [6.07, 6.45) is 0.837. The van der Waals surface area contributed by atoms with Gasteiger partial charge in [0.05, 0.1) is 7.85 Å². The Bertz CT molecular complexity index is 235. The predicted molar refractivity (Wildman–Crippen MR) is 45.2 cm³/mol. The molecule has 0 fully saturated rings. The highest BCUT2D eigenvalue weighted by molar-refractivity contribution is 6.12. The summed E-state index contributed by atoms with van der Waals surface area (Å²) in [5.74, 6) is -0.253. The van der Waals surface area contributed by atoms with Gasteiger partial charge in [-0.2, -0.15) is 0 Å². The van der Waals surface area contributed by atoms with Crippen LogP contribution in [0.25, 0.3) is 0 Å². The second-order valence-electron chi connectivity index (χ2n) is 2.57. The second kappa shape index (κ2) is 3.56. The molecular formula is C9H10BF. The first-order chi connectivity index (χ1) is 5.24. The maximum absolute atomic E-state index is 12.6. The highest BCUT2D eigenvalue weighted by Crippen LogP contribution is 2.15. The van der Waals surface area contributed by atoms with Crippen molar-refractivity contribution in [1.82, 2.24) is 0 Å². The topological polar surface area (TPSA) is 0 Å². The van der Waals surface area contributed by atoms with E-state index in [0.29, 0.717) is 0 Å². The molecule has 56 valence electrons. The van der Waals surface area contributed by atoms with E-state index in [4.69, 9.17) is 7.85 Å². The van der Waals surface area contributed by atoms with E-state index < -0.39 is 0 Å². The lowest BCUT2D eigenvalue weighted by molar-refractivity contribution is 0.624. The Morgan fingerprint density at radius 2 is 2.27 bits per heavy atom. The van der Waals surface area contributed by atoms with Gasteiger partial charge in [-0.1, -0.05) is 36.9 Å². The summed E-state index contributed by atoms with van der Waals surface area (Å²) in [5, 5.41) is 0. The molecule has 0 aliphatic rings. The fraction of sp³-hybridized carbons (Fsp3) is 0.333. The molecule has 2 heteroatoms. The SMILES string of the molecule is [B]C(CC)c1cccc(F)c1. The molecule has 0 N–H and O–H groups in total. The fourth-order valence-corrected chi connectivity index (χ4v) is 0.973. The van der Waals surface area contributed by atoms with Gasteiger partial charge in [0.15, 0.2) is 0 Å². The first-order valence-corrected chi connectivity index (χ1v) is 3.75. The Kier molecular flexibility index (Phi) is 2.69. The third-order valence-electron chi connectivity index (χ3n) is 1.72. The van der Waals surface area contributed by atoms with Gasteiger partial charge in [-0.15, -0.1) is 0 Å². The second-order valence-corrected chi connectivity index (χ2v) is 2.57. The van der Waals surface area contributed by atoms with Crippen LogP contribution >= 0.6 is 0 Å². The van der Waals surface area contributed by atoms with Crippen LogP contribution in [0.3, 0.4) is 0 Å². The van der Waals surface area contributed by atoms with Crippen molar-refractivity contribution in [1.29, 1.82) is 0 Å². The zero-order valence-electron chi connectivity index (χ0n) is 6.55. The van der Waals surface area contributed by atoms with Crippen molar-refractivity contribution in [2.75, 3.05) is 0 Å². The van der Waals surface area contributed by atoms with Crippen LogP contribution in [0, 0.1) is 5.82 Å². The van der Waals surface area contributed by atoms with Gasteiger partial charge in [0.2, 0.25) is 0 Å². The Balaban J connectivity index is 2.86. The minimum Gasteiger partial charge on any atom is -0.207 e. The van der Waals surface area contributed by atoms with Crippen LogP contribution in [0.2, 0.25) is 0 Å². The molecule has 0 bridgehead atoms. The highest BCUT2D eigenvalue weighted by atomic mass is 19.1. The number of halogens is 1. The molecule has 0 heterocycles. The van der Waals surface area contributed by atoms with E-state index in [1.807, 2.05) is 13.0 Å². The highest BCUT2D eigenvalue weighted by Gasteiger charge is 2.01. The van der Waals surface area contributed by atoms with Crippen LogP contribution in [0.5, 0.6) is 0 Å². The first-order valence-electron chi connectivity index (χ1n) is 3.75. The number of hydrogen-bond acceptors (Lipinski definition) is 0. The minimum absolute atomic E-state index is 0.0364. The van der Waals surface area contributed by atoms with Crippen molar-refractivity contribution in [2.24, 2.45) is 0 Å². The van der Waals surface area contributed by atoms with E-state index in [-0.39, 0.29) is 11.6 Å². The lowest BCUT2D eigenvalue weighted by Crippen LogP contribution is -1.95. The summed E-state index contributed by atoms with van der Waals surface area (Å²) in [6, 6.07) is 6.43. The van der Waals surface area contributed by atoms with Gasteiger partial charge < -0.3 is 0 Å². The van der Waals surface area contributed by atoms with E-state index in [9.17, 15) is 4.39 Å². The molecule has 11 heavy (non-hydrogen) atoms. The zero-order chi connectivity index (χ0) is 8.27. The summed E-state index contributed by atoms with van der Waals surface area (Å²) in [5.41, 5.74) is 0.868. The van der Waals surface area contributed by atoms with E-state index in [1.165, 1.54) is 12.1 Å². The van der Waals surface area contributed by atoms with Crippen LogP contribution in [-0.4, -0.2) is 7.85 Å². The Labute approximate surface area is 67.8 Å². The average molecular weight is 148 g/mol. The van der Waals surface area contributed by atoms with Crippen molar-refractivity contribution in [3.63, 3.8) is 0 Å². The average Bonchev–Trinajstić information content (AvgIpc) is 2.03. The van der Waals surface area contributed by atoms with Crippen LogP contribution in [-0.2, 0) is 0 Å². The Hall–Kier alpha value is -0.785. The van der Waals surface area contributed by atoms with Crippen LogP contribution in [0.4, 0.5) is 4.39 Å². The third-order valence-corrected chi connectivity index (χ3v) is 1.72. The Morgan fingerprint density at radius 3 is 2.82 bits per heavy atom. The molecule has 0 aliphatic heterocycles.